The second kappa shape index (κ2) is 7.37. The number of hydrogen-bond donors (Lipinski definition) is 0. The van der Waals surface area contributed by atoms with Crippen LogP contribution in [0.2, 0.25) is 0 Å². The molecule has 6 nitrogen and oxygen atoms in total. The molecule has 1 rings (SSSR count). The van der Waals surface area contributed by atoms with E-state index in [1.54, 1.807) is 11.3 Å². The predicted octanol–water partition coefficient (Wildman–Crippen LogP) is 2.81. The van der Waals surface area contributed by atoms with E-state index in [9.17, 15) is 43.2 Å². The van der Waals surface area contributed by atoms with E-state index in [2.05, 4.69) is 25.9 Å². The second-order valence-electron chi connectivity index (χ2n) is 3.87. The van der Waals surface area contributed by atoms with E-state index in [4.69, 9.17) is 0 Å². The molecule has 0 aliphatic carbocycles. The lowest BCUT2D eigenvalue weighted by atomic mass is 10.4. The Morgan fingerprint density at radius 1 is 1.04 bits per heavy atom. The second-order valence-corrected chi connectivity index (χ2v) is 8.35. The van der Waals surface area contributed by atoms with Gasteiger partial charge in [0.15, 0.2) is 31.9 Å². The van der Waals surface area contributed by atoms with Gasteiger partial charge < -0.3 is 4.13 Å². The van der Waals surface area contributed by atoms with Crippen LogP contribution in [0.4, 0.5) is 26.3 Å². The molecule has 24 heavy (non-hydrogen) atoms. The van der Waals surface area contributed by atoms with Gasteiger partial charge in [0, 0.05) is 6.92 Å². The van der Waals surface area contributed by atoms with Gasteiger partial charge in [-0.1, -0.05) is 11.3 Å². The number of nitrogens with zero attached hydrogens (tertiary/aromatic N) is 2. The van der Waals surface area contributed by atoms with Gasteiger partial charge in [0.2, 0.25) is 5.51 Å². The predicted molar refractivity (Wildman–Crippen MR) is 73.7 cm³/mol. The summed E-state index contributed by atoms with van der Waals surface area (Å²) in [5, 5.41) is 0. The number of thiazole rings is 1. The third-order valence-corrected chi connectivity index (χ3v) is 5.94. The summed E-state index contributed by atoms with van der Waals surface area (Å²) >= 11 is 1.75. The maximum atomic E-state index is 11.4. The van der Waals surface area contributed by atoms with Gasteiger partial charge in [-0.3, -0.25) is 0 Å². The van der Waals surface area contributed by atoms with Crippen LogP contribution < -0.4 is 4.57 Å². The molecular weight excluding hydrogens is 410 g/mol. The number of hydrogen-bond acceptors (Lipinski definition) is 5. The zero-order chi connectivity index (χ0) is 19.6. The first-order valence-corrected chi connectivity index (χ1v) is 9.17. The van der Waals surface area contributed by atoms with Gasteiger partial charge in [-0.15, -0.1) is 0 Å². The maximum absolute atomic E-state index is 11.4. The lowest BCUT2D eigenvalue weighted by Crippen LogP contribution is -2.30. The van der Waals surface area contributed by atoms with E-state index >= 15 is 0 Å². The maximum Gasteiger partial charge on any atom is 0.480 e. The molecule has 15 heteroatoms. The highest BCUT2D eigenvalue weighted by Crippen LogP contribution is 2.36. The van der Waals surface area contributed by atoms with Crippen molar-refractivity contribution in [1.29, 1.82) is 0 Å². The van der Waals surface area contributed by atoms with E-state index in [0.29, 0.717) is 0 Å². The monoisotopic (exact) mass is 420 g/mol. The highest BCUT2D eigenvalue weighted by molar-refractivity contribution is 8.13. The highest BCUT2D eigenvalue weighted by atomic mass is 32.3. The fourth-order valence-electron chi connectivity index (χ4n) is 0.876. The molecule has 0 saturated heterocycles. The molecule has 140 valence electrons. The van der Waals surface area contributed by atoms with E-state index < -0.39 is 31.1 Å². The topological polar surface area (TPSA) is 86.3 Å². The molecule has 0 bridgehead atoms. The summed E-state index contributed by atoms with van der Waals surface area (Å²) in [6, 6.07) is 0. The van der Waals surface area contributed by atoms with Crippen LogP contribution in [0.15, 0.2) is 12.1 Å². The van der Waals surface area contributed by atoms with Gasteiger partial charge in [0.1, 0.15) is 0 Å². The zero-order valence-electron chi connectivity index (χ0n) is 11.9. The number of aromatic nitrogens is 1. The van der Waals surface area contributed by atoms with E-state index in [0.717, 1.165) is 4.13 Å². The number of aryl methyl sites for hydroxylation is 1. The van der Waals surface area contributed by atoms with Crippen molar-refractivity contribution in [1.82, 2.24) is 0 Å². The van der Waals surface area contributed by atoms with Gasteiger partial charge in [-0.25, -0.2) is 16.8 Å². The summed E-state index contributed by atoms with van der Waals surface area (Å²) in [5.74, 6) is 0. The third-order valence-electron chi connectivity index (χ3n) is 2.22. The van der Waals surface area contributed by atoms with Crippen LogP contribution in [0.3, 0.4) is 0 Å². The van der Waals surface area contributed by atoms with Crippen molar-refractivity contribution < 1.29 is 47.7 Å². The molecule has 0 aliphatic heterocycles. The van der Waals surface area contributed by atoms with Crippen molar-refractivity contribution in [3.63, 3.8) is 0 Å². The standard InChI is InChI=1S/C7H10NS.C2F6NO4S2/c1-4-8-5-9-7(3)6(8)2;3-1(4,5)14(10,11)9-15(12,13)2(6,7)8/h4-5H,1H2,2-3H3;/q+1;-1. The molecule has 0 aromatic carbocycles. The fraction of sp³-hybridized carbons (Fsp3) is 0.444. The first-order chi connectivity index (χ1) is 10.5. The lowest BCUT2D eigenvalue weighted by Gasteiger charge is -2.22. The van der Waals surface area contributed by atoms with Crippen molar-refractivity contribution in [2.45, 2.75) is 24.9 Å². The summed E-state index contributed by atoms with van der Waals surface area (Å²) in [5.41, 5.74) is -9.07. The van der Waals surface area contributed by atoms with Gasteiger partial charge in [-0.05, 0) is 13.5 Å². The van der Waals surface area contributed by atoms with Crippen molar-refractivity contribution in [2.24, 2.45) is 0 Å². The third kappa shape index (κ3) is 5.71. The van der Waals surface area contributed by atoms with Gasteiger partial charge in [-0.2, -0.15) is 30.9 Å². The van der Waals surface area contributed by atoms with Crippen molar-refractivity contribution >= 4 is 37.6 Å². The Bertz CT molecular complexity index is 750. The minimum absolute atomic E-state index is 0.778. The molecule has 0 atom stereocenters. The van der Waals surface area contributed by atoms with Crippen LogP contribution in [0.25, 0.3) is 10.3 Å². The van der Waals surface area contributed by atoms with E-state index in [-0.39, 0.29) is 0 Å². The Kier molecular flexibility index (Phi) is 7.00. The number of rotatable bonds is 3. The highest BCUT2D eigenvalue weighted by Gasteiger charge is 2.46. The number of sulfonamides is 2. The number of halogens is 6. The normalized spacial score (nSPS) is 13.2. The summed E-state index contributed by atoms with van der Waals surface area (Å²) in [4.78, 5) is 1.36. The molecule has 0 aliphatic rings. The molecule has 1 heterocycles. The summed E-state index contributed by atoms with van der Waals surface area (Å²) in [7, 11) is -13.4. The molecule has 1 aromatic rings. The Labute approximate surface area is 137 Å². The van der Waals surface area contributed by atoms with Crippen LogP contribution in [0, 0.1) is 13.8 Å². The molecule has 0 unspecified atom stereocenters. The lowest BCUT2D eigenvalue weighted by molar-refractivity contribution is -0.569. The first kappa shape index (κ1) is 22.8. The van der Waals surface area contributed by atoms with E-state index in [1.165, 1.54) is 10.6 Å². The first-order valence-electron chi connectivity index (χ1n) is 5.41. The smallest absolute Gasteiger partial charge is 0.421 e. The molecule has 1 aromatic heterocycles. The average molecular weight is 420 g/mol. The van der Waals surface area contributed by atoms with Crippen LogP contribution >= 0.6 is 11.3 Å². The summed E-state index contributed by atoms with van der Waals surface area (Å²) in [6.45, 7) is 7.88. The van der Waals surface area contributed by atoms with Gasteiger partial charge in [0.05, 0.1) is 4.88 Å². The molecule has 0 radical (unpaired) electrons. The SMILES string of the molecule is C=C[n+]1csc(C)c1C.O=S(=O)([N-]S(=O)(=O)C(F)(F)F)C(F)(F)F. The minimum Gasteiger partial charge on any atom is -0.421 e. The van der Waals surface area contributed by atoms with Crippen LogP contribution in [0.1, 0.15) is 10.6 Å². The Morgan fingerprint density at radius 2 is 1.42 bits per heavy atom. The molecule has 0 N–H and O–H groups in total. The Morgan fingerprint density at radius 3 is 1.58 bits per heavy atom. The quantitative estimate of drug-likeness (QED) is 0.556. The summed E-state index contributed by atoms with van der Waals surface area (Å²) in [6.07, 6.45) is 1.82. The van der Waals surface area contributed by atoms with Gasteiger partial charge >= 0.3 is 11.0 Å². The Balaban J connectivity index is 0.000000496. The minimum atomic E-state index is -6.72. The van der Waals surface area contributed by atoms with Crippen LogP contribution in [-0.2, 0) is 20.0 Å². The van der Waals surface area contributed by atoms with E-state index in [1.807, 2.05) is 10.8 Å². The van der Waals surface area contributed by atoms with Gasteiger partial charge in [0.25, 0.3) is 0 Å². The zero-order valence-corrected chi connectivity index (χ0v) is 14.3. The number of alkyl halides is 6. The van der Waals surface area contributed by atoms with Crippen LogP contribution in [0.5, 0.6) is 0 Å². The molecule has 0 amide bonds. The molecular formula is C9H10F6N2O4S3. The average Bonchev–Trinajstić information content (AvgIpc) is 2.66. The fourth-order valence-corrected chi connectivity index (χ4v) is 3.38. The molecule has 0 spiro atoms. The van der Waals surface area contributed by atoms with Crippen LogP contribution in [-0.4, -0.2) is 27.9 Å². The van der Waals surface area contributed by atoms with Crippen molar-refractivity contribution in [3.8, 4) is 0 Å². The largest absolute Gasteiger partial charge is 0.480 e. The summed E-state index contributed by atoms with van der Waals surface area (Å²) < 4.78 is 111. The van der Waals surface area contributed by atoms with Crippen molar-refractivity contribution in [2.75, 3.05) is 0 Å². The van der Waals surface area contributed by atoms with Crippen molar-refractivity contribution in [3.05, 3.63) is 26.8 Å². The Hall–Kier alpha value is -1.19. The molecule has 0 fully saturated rings. The molecule has 0 saturated carbocycles.